The topological polar surface area (TPSA) is 56.3 Å². The Labute approximate surface area is 96.3 Å². The van der Waals surface area contributed by atoms with Gasteiger partial charge < -0.3 is 15.0 Å². The quantitative estimate of drug-likeness (QED) is 0.774. The molecule has 0 aliphatic carbocycles. The Hall–Kier alpha value is -1.29. The second kappa shape index (κ2) is 5.16. The fourth-order valence-corrected chi connectivity index (χ4v) is 1.62. The van der Waals surface area contributed by atoms with Crippen molar-refractivity contribution in [2.75, 3.05) is 13.6 Å². The van der Waals surface area contributed by atoms with Gasteiger partial charge in [0.25, 0.3) is 0 Å². The first-order valence-corrected chi connectivity index (χ1v) is 5.46. The number of aliphatic carboxylic acids is 1. The maximum atomic E-state index is 10.7. The van der Waals surface area contributed by atoms with Crippen molar-refractivity contribution < 1.29 is 9.90 Å². The number of nitrogens with zero attached hydrogens (tertiary/aromatic N) is 1. The molecule has 0 saturated carbocycles. The third-order valence-electron chi connectivity index (χ3n) is 3.02. The van der Waals surface area contributed by atoms with E-state index in [4.69, 9.17) is 5.11 Å². The number of hydrogen-bond acceptors (Lipinski definition) is 2. The first-order chi connectivity index (χ1) is 7.42. The Kier molecular flexibility index (Phi) is 4.12. The van der Waals surface area contributed by atoms with Crippen LogP contribution >= 0.6 is 0 Å². The molecule has 4 nitrogen and oxygen atoms in total. The van der Waals surface area contributed by atoms with E-state index in [-0.39, 0.29) is 12.0 Å². The summed E-state index contributed by atoms with van der Waals surface area (Å²) in [4.78, 5) is 15.8. The second-order valence-corrected chi connectivity index (χ2v) is 4.77. The lowest BCUT2D eigenvalue weighted by Gasteiger charge is -2.34. The highest BCUT2D eigenvalue weighted by atomic mass is 16.4. The Morgan fingerprint density at radius 3 is 2.75 bits per heavy atom. The Morgan fingerprint density at radius 1 is 1.56 bits per heavy atom. The number of nitrogens with one attached hydrogen (secondary N) is 1. The van der Waals surface area contributed by atoms with E-state index in [1.165, 1.54) is 5.56 Å². The fourth-order valence-electron chi connectivity index (χ4n) is 1.62. The van der Waals surface area contributed by atoms with Gasteiger partial charge in [0.1, 0.15) is 0 Å². The number of carboxylic acid groups (broad SMARTS) is 1. The number of rotatable bonds is 6. The summed E-state index contributed by atoms with van der Waals surface area (Å²) in [6, 6.07) is 2.04. The van der Waals surface area contributed by atoms with Crippen molar-refractivity contribution >= 4 is 5.97 Å². The lowest BCUT2D eigenvalue weighted by atomic mass is 9.98. The first-order valence-electron chi connectivity index (χ1n) is 5.46. The molecule has 0 bridgehead atoms. The maximum absolute atomic E-state index is 10.7. The van der Waals surface area contributed by atoms with Gasteiger partial charge in [0.05, 0.1) is 6.42 Å². The fraction of sp³-hybridized carbons (Fsp3) is 0.583. The van der Waals surface area contributed by atoms with Crippen LogP contribution in [0.25, 0.3) is 0 Å². The van der Waals surface area contributed by atoms with Gasteiger partial charge >= 0.3 is 5.97 Å². The highest BCUT2D eigenvalue weighted by Gasteiger charge is 2.26. The molecule has 2 N–H and O–H groups in total. The van der Waals surface area contributed by atoms with Crippen LogP contribution in [0.15, 0.2) is 18.5 Å². The minimum Gasteiger partial charge on any atom is -0.481 e. The molecule has 1 aromatic heterocycles. The molecule has 1 rings (SSSR count). The molecule has 0 amide bonds. The van der Waals surface area contributed by atoms with Crippen LogP contribution in [0.3, 0.4) is 0 Å². The van der Waals surface area contributed by atoms with Gasteiger partial charge in [-0.3, -0.25) is 4.79 Å². The van der Waals surface area contributed by atoms with Crippen LogP contribution in [-0.2, 0) is 11.2 Å². The molecule has 0 atom stereocenters. The summed E-state index contributed by atoms with van der Waals surface area (Å²) in [7, 11) is 1.97. The highest BCUT2D eigenvalue weighted by molar-refractivity contribution is 5.68. The molecule has 16 heavy (non-hydrogen) atoms. The van der Waals surface area contributed by atoms with Gasteiger partial charge in [-0.1, -0.05) is 0 Å². The first kappa shape index (κ1) is 12.8. The van der Waals surface area contributed by atoms with Crippen molar-refractivity contribution in [2.24, 2.45) is 0 Å². The number of carboxylic acids is 1. The lowest BCUT2D eigenvalue weighted by molar-refractivity contribution is -0.139. The van der Waals surface area contributed by atoms with Crippen LogP contribution in [0.4, 0.5) is 0 Å². The molecule has 1 aromatic rings. The summed E-state index contributed by atoms with van der Waals surface area (Å²) in [5.74, 6) is -0.751. The van der Waals surface area contributed by atoms with Crippen molar-refractivity contribution in [2.45, 2.75) is 32.2 Å². The number of carbonyl (C=O) groups is 1. The van der Waals surface area contributed by atoms with Gasteiger partial charge in [0, 0.05) is 24.5 Å². The van der Waals surface area contributed by atoms with Crippen LogP contribution < -0.4 is 0 Å². The van der Waals surface area contributed by atoms with Crippen molar-refractivity contribution in [3.8, 4) is 0 Å². The lowest BCUT2D eigenvalue weighted by Crippen LogP contribution is -2.43. The summed E-state index contributed by atoms with van der Waals surface area (Å²) in [5, 5.41) is 8.82. The molecule has 0 spiro atoms. The Balaban J connectivity index is 2.44. The van der Waals surface area contributed by atoms with Crippen molar-refractivity contribution in [3.63, 3.8) is 0 Å². The second-order valence-electron chi connectivity index (χ2n) is 4.77. The van der Waals surface area contributed by atoms with Crippen LogP contribution in [0.1, 0.15) is 25.8 Å². The summed E-state index contributed by atoms with van der Waals surface area (Å²) in [5.41, 5.74) is 0.945. The molecule has 0 saturated heterocycles. The van der Waals surface area contributed by atoms with E-state index < -0.39 is 5.97 Å². The van der Waals surface area contributed by atoms with E-state index in [2.05, 4.69) is 9.88 Å². The predicted molar refractivity (Wildman–Crippen MR) is 63.5 cm³/mol. The third kappa shape index (κ3) is 3.70. The van der Waals surface area contributed by atoms with Crippen molar-refractivity contribution in [3.05, 3.63) is 24.0 Å². The monoisotopic (exact) mass is 224 g/mol. The zero-order valence-corrected chi connectivity index (χ0v) is 10.2. The van der Waals surface area contributed by atoms with E-state index in [0.29, 0.717) is 0 Å². The van der Waals surface area contributed by atoms with Crippen molar-refractivity contribution in [1.29, 1.82) is 0 Å². The molecule has 0 aromatic carbocycles. The van der Waals surface area contributed by atoms with Crippen LogP contribution in [0.2, 0.25) is 0 Å². The molecule has 1 heterocycles. The van der Waals surface area contributed by atoms with Gasteiger partial charge in [0.15, 0.2) is 0 Å². The smallest absolute Gasteiger partial charge is 0.305 e. The zero-order chi connectivity index (χ0) is 12.2. The molecule has 0 unspecified atom stereocenters. The van der Waals surface area contributed by atoms with Crippen LogP contribution in [-0.4, -0.2) is 40.1 Å². The number of aromatic amines is 1. The average Bonchev–Trinajstić information content (AvgIpc) is 2.64. The molecule has 0 radical (unpaired) electrons. The van der Waals surface area contributed by atoms with E-state index >= 15 is 0 Å². The van der Waals surface area contributed by atoms with E-state index in [0.717, 1.165) is 13.0 Å². The Bertz CT molecular complexity index is 331. The van der Waals surface area contributed by atoms with E-state index in [1.807, 2.05) is 39.4 Å². The van der Waals surface area contributed by atoms with Gasteiger partial charge in [-0.15, -0.1) is 0 Å². The summed E-state index contributed by atoms with van der Waals surface area (Å²) in [6.07, 6.45) is 4.97. The van der Waals surface area contributed by atoms with Gasteiger partial charge in [-0.05, 0) is 38.9 Å². The minimum atomic E-state index is -0.751. The van der Waals surface area contributed by atoms with E-state index in [1.54, 1.807) is 0 Å². The maximum Gasteiger partial charge on any atom is 0.305 e. The Morgan fingerprint density at radius 2 is 2.25 bits per heavy atom. The zero-order valence-electron chi connectivity index (χ0n) is 10.2. The molecule has 4 heteroatoms. The average molecular weight is 224 g/mol. The summed E-state index contributed by atoms with van der Waals surface area (Å²) < 4.78 is 0. The number of hydrogen-bond donors (Lipinski definition) is 2. The number of H-pyrrole nitrogens is 1. The van der Waals surface area contributed by atoms with Crippen LogP contribution in [0, 0.1) is 0 Å². The number of aromatic nitrogens is 1. The van der Waals surface area contributed by atoms with Gasteiger partial charge in [-0.25, -0.2) is 0 Å². The molecular weight excluding hydrogens is 204 g/mol. The van der Waals surface area contributed by atoms with Gasteiger partial charge in [-0.2, -0.15) is 0 Å². The third-order valence-corrected chi connectivity index (χ3v) is 3.02. The highest BCUT2D eigenvalue weighted by Crippen LogP contribution is 2.17. The molecule has 0 aliphatic heterocycles. The molecule has 90 valence electrons. The minimum absolute atomic E-state index is 0.163. The summed E-state index contributed by atoms with van der Waals surface area (Å²) in [6.45, 7) is 4.77. The number of likely N-dealkylation sites (N-methyl/N-ethyl adjacent to an activating group) is 1. The summed E-state index contributed by atoms with van der Waals surface area (Å²) >= 11 is 0. The molecule has 0 fully saturated rings. The van der Waals surface area contributed by atoms with Gasteiger partial charge in [0.2, 0.25) is 0 Å². The predicted octanol–water partition coefficient (Wildman–Crippen LogP) is 1.74. The normalized spacial score (nSPS) is 12.0. The molecular formula is C12H20N2O2. The largest absolute Gasteiger partial charge is 0.481 e. The van der Waals surface area contributed by atoms with Crippen molar-refractivity contribution in [1.82, 2.24) is 9.88 Å². The van der Waals surface area contributed by atoms with E-state index in [9.17, 15) is 4.79 Å². The standard InChI is InChI=1S/C12H20N2O2/c1-12(2,8-11(15)16)14(3)7-5-10-4-6-13-9-10/h4,6,9,13H,5,7-8H2,1-3H3,(H,15,16). The molecule has 0 aliphatic rings. The SMILES string of the molecule is CN(CCc1cc[nH]c1)C(C)(C)CC(=O)O. The van der Waals surface area contributed by atoms with Crippen LogP contribution in [0.5, 0.6) is 0 Å².